The molecule has 0 N–H and O–H groups in total. The summed E-state index contributed by atoms with van der Waals surface area (Å²) < 4.78 is 23.4. The van der Waals surface area contributed by atoms with Crippen LogP contribution in [0.25, 0.3) is 0 Å². The van der Waals surface area contributed by atoms with Crippen LogP contribution in [-0.2, 0) is 9.84 Å². The Balaban J connectivity index is 2.93. The van der Waals surface area contributed by atoms with E-state index in [0.29, 0.717) is 11.3 Å². The second-order valence-corrected chi connectivity index (χ2v) is 6.08. The van der Waals surface area contributed by atoms with Gasteiger partial charge in [-0.25, -0.2) is 8.42 Å². The van der Waals surface area contributed by atoms with E-state index in [1.807, 2.05) is 13.0 Å². The summed E-state index contributed by atoms with van der Waals surface area (Å²) in [6.45, 7) is 1.89. The summed E-state index contributed by atoms with van der Waals surface area (Å²) >= 11 is 3.22. The van der Waals surface area contributed by atoms with Gasteiger partial charge in [0.1, 0.15) is 0 Å². The van der Waals surface area contributed by atoms with E-state index in [4.69, 9.17) is 0 Å². The Morgan fingerprint density at radius 1 is 1.36 bits per heavy atom. The molecule has 0 aromatic heterocycles. The summed E-state index contributed by atoms with van der Waals surface area (Å²) in [5.41, 5.74) is 0.977. The Kier molecular flexibility index (Phi) is 4.13. The number of rotatable bonds is 4. The second-order valence-electron chi connectivity index (χ2n) is 3.18. The van der Waals surface area contributed by atoms with E-state index in [2.05, 4.69) is 15.9 Å². The van der Waals surface area contributed by atoms with Gasteiger partial charge in [-0.15, -0.1) is 0 Å². The van der Waals surface area contributed by atoms with Crippen molar-refractivity contribution in [2.24, 2.45) is 0 Å². The number of halogens is 1. The Bertz CT molecular complexity index is 398. The van der Waals surface area contributed by atoms with Crippen LogP contribution in [0.4, 0.5) is 0 Å². The summed E-state index contributed by atoms with van der Waals surface area (Å²) in [5, 5.41) is 0.720. The smallest absolute Gasteiger partial charge is 0.178 e. The van der Waals surface area contributed by atoms with Gasteiger partial charge in [-0.1, -0.05) is 28.1 Å². The lowest BCUT2D eigenvalue weighted by Crippen LogP contribution is -2.07. The Morgan fingerprint density at radius 2 is 2.07 bits per heavy atom. The van der Waals surface area contributed by atoms with Crippen molar-refractivity contribution in [3.8, 4) is 0 Å². The van der Waals surface area contributed by atoms with Gasteiger partial charge in [0.15, 0.2) is 9.84 Å². The molecule has 0 atom stereocenters. The number of benzene rings is 1. The highest BCUT2D eigenvalue weighted by atomic mass is 79.9. The molecule has 0 unspecified atom stereocenters. The van der Waals surface area contributed by atoms with E-state index in [1.165, 1.54) is 0 Å². The van der Waals surface area contributed by atoms with E-state index >= 15 is 0 Å². The highest BCUT2D eigenvalue weighted by Gasteiger charge is 2.12. The normalized spacial score (nSPS) is 11.6. The first-order valence-corrected chi connectivity index (χ1v) is 7.19. The molecule has 14 heavy (non-hydrogen) atoms. The molecule has 0 saturated heterocycles. The number of alkyl halides is 1. The second kappa shape index (κ2) is 4.94. The largest absolute Gasteiger partial charge is 0.224 e. The summed E-state index contributed by atoms with van der Waals surface area (Å²) in [7, 11) is -3.07. The topological polar surface area (TPSA) is 34.1 Å². The minimum atomic E-state index is -3.07. The monoisotopic (exact) mass is 276 g/mol. The van der Waals surface area contributed by atoms with Crippen LogP contribution < -0.4 is 0 Å². The molecule has 0 saturated carbocycles. The first kappa shape index (κ1) is 11.7. The highest BCUT2D eigenvalue weighted by molar-refractivity contribution is 9.09. The number of aryl methyl sites for hydroxylation is 1. The van der Waals surface area contributed by atoms with Gasteiger partial charge in [-0.2, -0.15) is 0 Å². The van der Waals surface area contributed by atoms with Gasteiger partial charge in [-0.3, -0.25) is 0 Å². The highest BCUT2D eigenvalue weighted by Crippen LogP contribution is 2.13. The van der Waals surface area contributed by atoms with Gasteiger partial charge in [0, 0.05) is 5.33 Å². The molecule has 0 spiro atoms. The van der Waals surface area contributed by atoms with Crippen molar-refractivity contribution < 1.29 is 8.42 Å². The molecule has 0 fully saturated rings. The summed E-state index contributed by atoms with van der Waals surface area (Å²) in [6, 6.07) is 7.03. The SMILES string of the molecule is Cc1cccc(S(=O)(=O)CCCBr)c1. The van der Waals surface area contributed by atoms with Crippen LogP contribution in [0, 0.1) is 6.92 Å². The van der Waals surface area contributed by atoms with Crippen molar-refractivity contribution in [3.05, 3.63) is 29.8 Å². The van der Waals surface area contributed by atoms with Crippen LogP contribution in [0.1, 0.15) is 12.0 Å². The van der Waals surface area contributed by atoms with Gasteiger partial charge in [0.2, 0.25) is 0 Å². The van der Waals surface area contributed by atoms with Crippen molar-refractivity contribution >= 4 is 25.8 Å². The lowest BCUT2D eigenvalue weighted by atomic mass is 10.2. The summed E-state index contributed by atoms with van der Waals surface area (Å²) in [4.78, 5) is 0.429. The zero-order valence-electron chi connectivity index (χ0n) is 8.03. The van der Waals surface area contributed by atoms with Crippen LogP contribution in [0.15, 0.2) is 29.2 Å². The van der Waals surface area contributed by atoms with Gasteiger partial charge in [-0.05, 0) is 31.0 Å². The molecule has 1 aromatic carbocycles. The lowest BCUT2D eigenvalue weighted by Gasteiger charge is -2.03. The van der Waals surface area contributed by atoms with Crippen molar-refractivity contribution in [2.75, 3.05) is 11.1 Å². The fourth-order valence-electron chi connectivity index (χ4n) is 1.17. The molecule has 4 heteroatoms. The summed E-state index contributed by atoms with van der Waals surface area (Å²) in [5.74, 6) is 0.210. The average Bonchev–Trinajstić information content (AvgIpc) is 2.15. The maximum atomic E-state index is 11.7. The Hall–Kier alpha value is -0.350. The van der Waals surface area contributed by atoms with Crippen LogP contribution in [0.3, 0.4) is 0 Å². The molecule has 0 heterocycles. The quantitative estimate of drug-likeness (QED) is 0.793. The zero-order valence-corrected chi connectivity index (χ0v) is 10.4. The molecule has 0 amide bonds. The van der Waals surface area contributed by atoms with Gasteiger partial charge >= 0.3 is 0 Å². The molecular formula is C10H13BrO2S. The summed E-state index contributed by atoms with van der Waals surface area (Å²) in [6.07, 6.45) is 0.649. The van der Waals surface area contributed by atoms with E-state index < -0.39 is 9.84 Å². The molecule has 0 aliphatic carbocycles. The maximum absolute atomic E-state index is 11.7. The predicted octanol–water partition coefficient (Wildman–Crippen LogP) is 2.55. The molecule has 1 rings (SSSR count). The third-order valence-electron chi connectivity index (χ3n) is 1.90. The van der Waals surface area contributed by atoms with E-state index in [0.717, 1.165) is 10.9 Å². The van der Waals surface area contributed by atoms with Crippen LogP contribution in [0.5, 0.6) is 0 Å². The first-order valence-electron chi connectivity index (χ1n) is 4.41. The fraction of sp³-hybridized carbons (Fsp3) is 0.400. The fourth-order valence-corrected chi connectivity index (χ4v) is 3.23. The predicted molar refractivity (Wildman–Crippen MR) is 61.6 cm³/mol. The van der Waals surface area contributed by atoms with Crippen molar-refractivity contribution in [1.82, 2.24) is 0 Å². The van der Waals surface area contributed by atoms with Crippen molar-refractivity contribution in [3.63, 3.8) is 0 Å². The molecule has 78 valence electrons. The van der Waals surface area contributed by atoms with Gasteiger partial charge in [0.05, 0.1) is 10.6 Å². The zero-order chi connectivity index (χ0) is 10.6. The minimum Gasteiger partial charge on any atom is -0.224 e. The van der Waals surface area contributed by atoms with E-state index in [1.54, 1.807) is 18.2 Å². The van der Waals surface area contributed by atoms with E-state index in [9.17, 15) is 8.42 Å². The minimum absolute atomic E-state index is 0.210. The Labute approximate surface area is 93.4 Å². The maximum Gasteiger partial charge on any atom is 0.178 e. The van der Waals surface area contributed by atoms with E-state index in [-0.39, 0.29) is 5.75 Å². The molecule has 0 bridgehead atoms. The molecule has 1 aromatic rings. The first-order chi connectivity index (χ1) is 6.56. The lowest BCUT2D eigenvalue weighted by molar-refractivity contribution is 0.595. The van der Waals surface area contributed by atoms with Crippen LogP contribution in [-0.4, -0.2) is 19.5 Å². The average molecular weight is 277 g/mol. The van der Waals surface area contributed by atoms with Crippen LogP contribution in [0.2, 0.25) is 0 Å². The van der Waals surface area contributed by atoms with Gasteiger partial charge < -0.3 is 0 Å². The third kappa shape index (κ3) is 3.10. The van der Waals surface area contributed by atoms with Gasteiger partial charge in [0.25, 0.3) is 0 Å². The van der Waals surface area contributed by atoms with Crippen molar-refractivity contribution in [2.45, 2.75) is 18.2 Å². The molecule has 0 aliphatic rings. The number of hydrogen-bond donors (Lipinski definition) is 0. The molecular weight excluding hydrogens is 264 g/mol. The molecule has 2 nitrogen and oxygen atoms in total. The molecule has 0 aliphatic heterocycles. The van der Waals surface area contributed by atoms with Crippen LogP contribution >= 0.6 is 15.9 Å². The van der Waals surface area contributed by atoms with Crippen molar-refractivity contribution in [1.29, 1.82) is 0 Å². The third-order valence-corrected chi connectivity index (χ3v) is 4.25. The number of hydrogen-bond acceptors (Lipinski definition) is 2. The standard InChI is InChI=1S/C10H13BrO2S/c1-9-4-2-5-10(8-9)14(12,13)7-3-6-11/h2,4-5,8H,3,6-7H2,1H3. The molecule has 0 radical (unpaired) electrons. The Morgan fingerprint density at radius 3 is 2.64 bits per heavy atom. The number of sulfone groups is 1.